The van der Waals surface area contributed by atoms with Gasteiger partial charge >= 0.3 is 0 Å². The number of hydrogen-bond acceptors (Lipinski definition) is 3. The molecule has 84 valence electrons. The van der Waals surface area contributed by atoms with E-state index < -0.39 is 0 Å². The summed E-state index contributed by atoms with van der Waals surface area (Å²) in [6, 6.07) is 5.51. The summed E-state index contributed by atoms with van der Waals surface area (Å²) in [5, 5.41) is 12.0. The molecule has 0 saturated heterocycles. The molecule has 0 unspecified atom stereocenters. The summed E-state index contributed by atoms with van der Waals surface area (Å²) in [5.41, 5.74) is 0. The van der Waals surface area contributed by atoms with Crippen LogP contribution in [0.1, 0.15) is 32.6 Å². The second-order valence-electron chi connectivity index (χ2n) is 3.33. The molecular formula is C11H17NOS2. The van der Waals surface area contributed by atoms with Crippen molar-refractivity contribution in [2.75, 3.05) is 5.75 Å². The molecule has 1 rings (SSSR count). The topological polar surface area (TPSA) is 26.9 Å². The lowest BCUT2D eigenvalue weighted by Crippen LogP contribution is -2.27. The Kier molecular flexibility index (Phi) is 6.68. The van der Waals surface area contributed by atoms with Crippen LogP contribution >= 0.6 is 21.6 Å². The third-order valence-electron chi connectivity index (χ3n) is 2.01. The quantitative estimate of drug-likeness (QED) is 0.316. The van der Waals surface area contributed by atoms with Crippen molar-refractivity contribution in [3.05, 3.63) is 29.6 Å². The third-order valence-corrected chi connectivity index (χ3v) is 4.44. The fourth-order valence-electron chi connectivity index (χ4n) is 1.17. The van der Waals surface area contributed by atoms with Crippen molar-refractivity contribution in [3.63, 3.8) is 0 Å². The van der Waals surface area contributed by atoms with E-state index in [2.05, 4.69) is 6.92 Å². The maximum Gasteiger partial charge on any atom is 0.261 e. The lowest BCUT2D eigenvalue weighted by molar-refractivity contribution is -0.645. The average Bonchev–Trinajstić information content (AvgIpc) is 2.25. The Hall–Kier alpha value is -0.350. The molecule has 0 bridgehead atoms. The van der Waals surface area contributed by atoms with Gasteiger partial charge in [-0.3, -0.25) is 0 Å². The van der Waals surface area contributed by atoms with Crippen LogP contribution in [-0.2, 0) is 0 Å². The largest absolute Gasteiger partial charge is 0.618 e. The van der Waals surface area contributed by atoms with Gasteiger partial charge in [-0.15, -0.1) is 0 Å². The summed E-state index contributed by atoms with van der Waals surface area (Å²) in [6.45, 7) is 2.21. The van der Waals surface area contributed by atoms with Gasteiger partial charge in [0.25, 0.3) is 5.03 Å². The third kappa shape index (κ3) is 5.33. The normalized spacial score (nSPS) is 10.5. The standard InChI is InChI=1S/C11H17NOS2/c1-2-3-4-7-10-14-15-11-8-5-6-9-12(11)13/h5-6,8-9H,2-4,7,10H2,1H3. The van der Waals surface area contributed by atoms with Crippen LogP contribution in [0.3, 0.4) is 0 Å². The highest BCUT2D eigenvalue weighted by Gasteiger charge is 2.03. The maximum atomic E-state index is 11.3. The summed E-state index contributed by atoms with van der Waals surface area (Å²) in [4.78, 5) is 0. The number of aromatic nitrogens is 1. The fraction of sp³-hybridized carbons (Fsp3) is 0.545. The van der Waals surface area contributed by atoms with E-state index in [4.69, 9.17) is 0 Å². The molecular weight excluding hydrogens is 226 g/mol. The van der Waals surface area contributed by atoms with Crippen LogP contribution in [0, 0.1) is 5.21 Å². The number of nitrogens with zero attached hydrogens (tertiary/aromatic N) is 1. The minimum absolute atomic E-state index is 0.776. The molecule has 0 atom stereocenters. The predicted octanol–water partition coefficient (Wildman–Crippen LogP) is 3.64. The highest BCUT2D eigenvalue weighted by atomic mass is 33.1. The lowest BCUT2D eigenvalue weighted by atomic mass is 10.2. The molecule has 0 saturated carbocycles. The van der Waals surface area contributed by atoms with Gasteiger partial charge in [0.2, 0.25) is 0 Å². The summed E-state index contributed by atoms with van der Waals surface area (Å²) >= 11 is 0. The summed E-state index contributed by atoms with van der Waals surface area (Å²) in [5.74, 6) is 1.12. The molecule has 15 heavy (non-hydrogen) atoms. The fourth-order valence-corrected chi connectivity index (χ4v) is 3.31. The van der Waals surface area contributed by atoms with Crippen LogP contribution in [0.4, 0.5) is 0 Å². The van der Waals surface area contributed by atoms with Crippen LogP contribution in [0.2, 0.25) is 0 Å². The van der Waals surface area contributed by atoms with Crippen molar-refractivity contribution < 1.29 is 4.73 Å². The molecule has 4 heteroatoms. The van der Waals surface area contributed by atoms with Crippen molar-refractivity contribution >= 4 is 21.6 Å². The minimum atomic E-state index is 0.776. The van der Waals surface area contributed by atoms with Gasteiger partial charge in [-0.1, -0.05) is 37.0 Å². The average molecular weight is 243 g/mol. The monoisotopic (exact) mass is 243 g/mol. The van der Waals surface area contributed by atoms with Crippen LogP contribution < -0.4 is 4.73 Å². The van der Waals surface area contributed by atoms with E-state index in [0.717, 1.165) is 15.5 Å². The molecule has 1 aromatic heterocycles. The summed E-state index contributed by atoms with van der Waals surface area (Å²) < 4.78 is 0.920. The molecule has 0 radical (unpaired) electrons. The van der Waals surface area contributed by atoms with Gasteiger partial charge in [-0.05, 0) is 12.5 Å². The first-order chi connectivity index (χ1) is 7.34. The Balaban J connectivity index is 2.12. The second-order valence-corrected chi connectivity index (χ2v) is 5.77. The Bertz CT molecular complexity index is 281. The Morgan fingerprint density at radius 1 is 1.27 bits per heavy atom. The number of rotatable bonds is 7. The number of unbranched alkanes of at least 4 members (excludes halogenated alkanes) is 3. The van der Waals surface area contributed by atoms with Crippen LogP contribution in [0.5, 0.6) is 0 Å². The first-order valence-corrected chi connectivity index (χ1v) is 7.64. The molecule has 0 fully saturated rings. The second kappa shape index (κ2) is 7.88. The predicted molar refractivity (Wildman–Crippen MR) is 67.9 cm³/mol. The molecule has 0 aromatic carbocycles. The van der Waals surface area contributed by atoms with Crippen molar-refractivity contribution in [2.24, 2.45) is 0 Å². The zero-order valence-corrected chi connectivity index (χ0v) is 10.6. The lowest BCUT2D eigenvalue weighted by Gasteiger charge is -2.02. The SMILES string of the molecule is CCCCCCSSc1cccc[n+]1[O-]. The van der Waals surface area contributed by atoms with E-state index >= 15 is 0 Å². The molecule has 2 nitrogen and oxygen atoms in total. The van der Waals surface area contributed by atoms with E-state index in [9.17, 15) is 5.21 Å². The molecule has 0 aliphatic rings. The van der Waals surface area contributed by atoms with Gasteiger partial charge in [0.15, 0.2) is 6.20 Å². The summed E-state index contributed by atoms with van der Waals surface area (Å²) in [7, 11) is 3.34. The van der Waals surface area contributed by atoms with Crippen LogP contribution in [0.25, 0.3) is 0 Å². The molecule has 1 heterocycles. The van der Waals surface area contributed by atoms with E-state index in [0.29, 0.717) is 0 Å². The van der Waals surface area contributed by atoms with E-state index in [-0.39, 0.29) is 0 Å². The van der Waals surface area contributed by atoms with Gasteiger partial charge in [-0.2, -0.15) is 4.73 Å². The van der Waals surface area contributed by atoms with E-state index in [1.54, 1.807) is 33.9 Å². The van der Waals surface area contributed by atoms with Gasteiger partial charge in [-0.25, -0.2) is 0 Å². The van der Waals surface area contributed by atoms with Gasteiger partial charge in [0.05, 0.1) is 0 Å². The Labute approximate surface area is 99.4 Å². The molecule has 0 amide bonds. The number of pyridine rings is 1. The number of hydrogen-bond donors (Lipinski definition) is 0. The first kappa shape index (κ1) is 12.7. The van der Waals surface area contributed by atoms with Gasteiger partial charge in [0, 0.05) is 28.7 Å². The molecule has 0 aliphatic heterocycles. The smallest absolute Gasteiger partial charge is 0.261 e. The van der Waals surface area contributed by atoms with Crippen LogP contribution in [0.15, 0.2) is 29.4 Å². The van der Waals surface area contributed by atoms with Crippen molar-refractivity contribution in [3.8, 4) is 0 Å². The maximum absolute atomic E-state index is 11.3. The molecule has 0 aliphatic carbocycles. The first-order valence-electron chi connectivity index (χ1n) is 5.32. The minimum Gasteiger partial charge on any atom is -0.618 e. The Morgan fingerprint density at radius 3 is 2.87 bits per heavy atom. The highest BCUT2D eigenvalue weighted by molar-refractivity contribution is 8.76. The van der Waals surface area contributed by atoms with Crippen LogP contribution in [-0.4, -0.2) is 5.75 Å². The zero-order chi connectivity index (χ0) is 10.9. The van der Waals surface area contributed by atoms with Gasteiger partial charge in [0.1, 0.15) is 0 Å². The summed E-state index contributed by atoms with van der Waals surface area (Å²) in [6.07, 6.45) is 6.68. The molecule has 0 spiro atoms. The van der Waals surface area contributed by atoms with E-state index in [1.165, 1.54) is 25.7 Å². The van der Waals surface area contributed by atoms with Crippen molar-refractivity contribution in [1.82, 2.24) is 0 Å². The van der Waals surface area contributed by atoms with Crippen molar-refractivity contribution in [2.45, 2.75) is 37.6 Å². The molecule has 1 aromatic rings. The van der Waals surface area contributed by atoms with Crippen molar-refractivity contribution in [1.29, 1.82) is 0 Å². The highest BCUT2D eigenvalue weighted by Crippen LogP contribution is 2.28. The molecule has 0 N–H and O–H groups in total. The Morgan fingerprint density at radius 2 is 2.13 bits per heavy atom. The zero-order valence-electron chi connectivity index (χ0n) is 9.02. The van der Waals surface area contributed by atoms with Gasteiger partial charge < -0.3 is 5.21 Å². The van der Waals surface area contributed by atoms with E-state index in [1.807, 2.05) is 12.1 Å².